The van der Waals surface area contributed by atoms with Crippen LogP contribution in [0.5, 0.6) is 0 Å². The molecule has 16 nitrogen and oxygen atoms in total. The van der Waals surface area contributed by atoms with Gasteiger partial charge in [-0.05, 0) is 89.6 Å². The van der Waals surface area contributed by atoms with Gasteiger partial charge < -0.3 is 44.6 Å². The number of carbonyl (C=O) groups excluding carboxylic acids is 7. The van der Waals surface area contributed by atoms with Crippen molar-refractivity contribution in [2.24, 2.45) is 22.2 Å². The number of nitrogens with two attached hydrogens (primary N) is 1. The Morgan fingerprint density at radius 3 is 1.99 bits per heavy atom. The highest BCUT2D eigenvalue weighted by Gasteiger charge is 2.77. The third-order valence-corrected chi connectivity index (χ3v) is 17.5. The Kier molecular flexibility index (Phi) is 15.1. The van der Waals surface area contributed by atoms with Crippen LogP contribution in [0, 0.1) is 22.2 Å². The first-order valence-electron chi connectivity index (χ1n) is 23.8. The fourth-order valence-electron chi connectivity index (χ4n) is 11.3. The second-order valence-electron chi connectivity index (χ2n) is 19.9. The van der Waals surface area contributed by atoms with Gasteiger partial charge in [-0.2, -0.15) is 0 Å². The maximum absolute atomic E-state index is 15.8. The van der Waals surface area contributed by atoms with Crippen LogP contribution >= 0.6 is 21.6 Å². The number of aliphatic hydroxyl groups excluding tert-OH is 1. The van der Waals surface area contributed by atoms with E-state index < -0.39 is 111 Å². The van der Waals surface area contributed by atoms with Crippen LogP contribution in [0.1, 0.15) is 93.6 Å². The molecule has 1 aliphatic heterocycles. The lowest BCUT2D eigenvalue weighted by Crippen LogP contribution is -2.80. The number of aliphatic hydroxyl groups is 1. The first-order valence-corrected chi connectivity index (χ1v) is 26.0. The average molecular weight is 1040 g/mol. The smallest absolute Gasteiger partial charge is 0.379 e. The summed E-state index contributed by atoms with van der Waals surface area (Å²) < 4.78 is 37.7. The maximum atomic E-state index is 15.8. The molecule has 3 fully saturated rings. The molecule has 384 valence electrons. The molecular weight excluding hydrogens is 977 g/mol. The Labute approximate surface area is 430 Å². The van der Waals surface area contributed by atoms with Gasteiger partial charge in [-0.3, -0.25) is 19.2 Å². The third kappa shape index (κ3) is 9.77. The number of esters is 4. The first-order chi connectivity index (χ1) is 34.6. The molecule has 2 bridgehead atoms. The molecule has 4 aromatic rings. The lowest BCUT2D eigenvalue weighted by Gasteiger charge is -2.68. The molecule has 11 atom stereocenters. The van der Waals surface area contributed by atoms with E-state index in [1.165, 1.54) is 13.8 Å². The number of nitrogens with one attached hydrogen (secondary N) is 1. The van der Waals surface area contributed by atoms with Gasteiger partial charge in [-0.25, -0.2) is 14.4 Å². The summed E-state index contributed by atoms with van der Waals surface area (Å²) in [5, 5.41) is 14.3. The molecule has 4 aromatic carbocycles. The van der Waals surface area contributed by atoms with Gasteiger partial charge >= 0.3 is 29.2 Å². The van der Waals surface area contributed by atoms with E-state index in [0.29, 0.717) is 26.9 Å². The molecule has 18 heteroatoms. The van der Waals surface area contributed by atoms with Crippen LogP contribution in [0.15, 0.2) is 131 Å². The van der Waals surface area contributed by atoms with Crippen molar-refractivity contribution in [1.29, 1.82) is 0 Å². The minimum absolute atomic E-state index is 0.155. The van der Waals surface area contributed by atoms with E-state index in [4.69, 9.17) is 34.2 Å². The van der Waals surface area contributed by atoms with Crippen molar-refractivity contribution in [3.8, 4) is 0 Å². The number of hydrogen-bond donors (Lipinski definition) is 3. The summed E-state index contributed by atoms with van der Waals surface area (Å²) in [4.78, 5) is 101. The molecule has 3 aliphatic carbocycles. The van der Waals surface area contributed by atoms with Crippen LogP contribution in [0.3, 0.4) is 0 Å². The molecule has 1 heterocycles. The van der Waals surface area contributed by atoms with Crippen molar-refractivity contribution < 1.29 is 67.1 Å². The number of para-hydroxylation sites is 1. The molecule has 0 unspecified atom stereocenters. The zero-order chi connectivity index (χ0) is 52.6. The van der Waals surface area contributed by atoms with Crippen molar-refractivity contribution >= 4 is 68.1 Å². The third-order valence-electron chi connectivity index (χ3n) is 15.4. The summed E-state index contributed by atoms with van der Waals surface area (Å²) in [5.41, 5.74) is 1.48. The fourth-order valence-corrected chi connectivity index (χ4v) is 13.0. The van der Waals surface area contributed by atoms with Gasteiger partial charge in [0, 0.05) is 52.6 Å². The minimum atomic E-state index is -1.94. The van der Waals surface area contributed by atoms with Crippen LogP contribution in [0.4, 0.5) is 10.5 Å². The van der Waals surface area contributed by atoms with Crippen LogP contribution in [-0.4, -0.2) is 94.8 Å². The summed E-state index contributed by atoms with van der Waals surface area (Å²) in [6.07, 6.45) is -9.14. The largest absolute Gasteiger partial charge is 0.458 e. The summed E-state index contributed by atoms with van der Waals surface area (Å²) in [5.74, 6) is -6.21. The number of carbonyl (C=O) groups is 7. The summed E-state index contributed by atoms with van der Waals surface area (Å²) in [6, 6.07) is 30.3. The lowest BCUT2D eigenvalue weighted by atomic mass is 9.42. The molecule has 2 saturated carbocycles. The van der Waals surface area contributed by atoms with Crippen LogP contribution in [0.2, 0.25) is 0 Å². The zero-order valence-electron chi connectivity index (χ0n) is 41.4. The van der Waals surface area contributed by atoms with Crippen molar-refractivity contribution in [2.75, 3.05) is 12.3 Å². The highest BCUT2D eigenvalue weighted by molar-refractivity contribution is 8.82. The standard InChI is InChI=1S/C55H58N2O14S2/c1-30-37(68-50(64)44(69-51(65)73-72-38-26-18-17-25-36(38)56)42(33-19-11-8-12-20-33)57-48(62)34-21-13-9-14-22-34)28-53(6)47(70-49(63)35-23-15-10-16-24-35)45-54(7,39(60)27-40-55(45,29-66-40)71-32(3)59)46(61)43(67-31(2)58)41(30)52(53,4)5/h8-26,37,39-40,42-45,47,60H,27-29,56H2,1-7H3,(H,57,62)/t37-,39-,40+,42-,43+,44+,45-,47-,53-,54+,55-/m0/s1. The summed E-state index contributed by atoms with van der Waals surface area (Å²) >= 11 is 0. The normalized spacial score (nSPS) is 28.7. The van der Waals surface area contributed by atoms with Gasteiger partial charge in [-0.1, -0.05) is 99.6 Å². The number of benzene rings is 4. The number of nitrogen functional groups attached to an aromatic ring is 1. The Morgan fingerprint density at radius 1 is 0.795 bits per heavy atom. The number of rotatable bonds is 13. The predicted molar refractivity (Wildman–Crippen MR) is 269 cm³/mol. The predicted octanol–water partition coefficient (Wildman–Crippen LogP) is 8.18. The molecule has 1 amide bonds. The molecule has 4 aliphatic rings. The number of hydrogen-bond acceptors (Lipinski definition) is 17. The monoisotopic (exact) mass is 1030 g/mol. The van der Waals surface area contributed by atoms with E-state index in [1.807, 2.05) is 0 Å². The lowest BCUT2D eigenvalue weighted by molar-refractivity contribution is -0.340. The molecule has 0 aromatic heterocycles. The number of anilines is 1. The molecule has 4 N–H and O–H groups in total. The molecule has 0 spiro atoms. The van der Waals surface area contributed by atoms with Gasteiger partial charge in [0.25, 0.3) is 5.91 Å². The maximum Gasteiger partial charge on any atom is 0.379 e. The van der Waals surface area contributed by atoms with Gasteiger partial charge in [0.2, 0.25) is 6.10 Å². The Balaban J connectivity index is 1.29. The van der Waals surface area contributed by atoms with Crippen LogP contribution in [-0.2, 0) is 47.6 Å². The van der Waals surface area contributed by atoms with Gasteiger partial charge in [0.1, 0.15) is 24.4 Å². The van der Waals surface area contributed by atoms with Gasteiger partial charge in [-0.15, -0.1) is 0 Å². The molecule has 0 radical (unpaired) electrons. The molecule has 8 rings (SSSR count). The molecule has 73 heavy (non-hydrogen) atoms. The van der Waals surface area contributed by atoms with Gasteiger partial charge in [0.05, 0.1) is 29.6 Å². The Morgan fingerprint density at radius 2 is 1.40 bits per heavy atom. The fraction of sp³-hybridized carbons (Fsp3) is 0.400. The van der Waals surface area contributed by atoms with Crippen LogP contribution < -0.4 is 11.1 Å². The average Bonchev–Trinajstić information content (AvgIpc) is 3.36. The second kappa shape index (κ2) is 20.8. The summed E-state index contributed by atoms with van der Waals surface area (Å²) in [7, 11) is 1.66. The van der Waals surface area contributed by atoms with E-state index in [-0.39, 0.29) is 41.7 Å². The van der Waals surface area contributed by atoms with E-state index in [0.717, 1.165) is 17.7 Å². The van der Waals surface area contributed by atoms with E-state index in [9.17, 15) is 29.1 Å². The van der Waals surface area contributed by atoms with Crippen molar-refractivity contribution in [2.45, 2.75) is 114 Å². The van der Waals surface area contributed by atoms with E-state index in [2.05, 4.69) is 5.32 Å². The molecular formula is C55H58N2O14S2. The second-order valence-corrected chi connectivity index (χ2v) is 22.0. The van der Waals surface area contributed by atoms with Crippen LogP contribution in [0.25, 0.3) is 0 Å². The SMILES string of the molecule is CC(=O)O[C@H]1C(=O)[C@@]2(C)[C@H]([C@H](OC(=O)c3ccccc3)[C@]3(C)C[C@H](OC(=O)[C@H](OC(=O)SSc4ccccc4N)[C@@H](NC(=O)c4ccccc4)c4ccccc4)C(C)=C1C3(C)C)[C@]1(OC(C)=O)CO[C@@H]1C[C@@H]2O. The van der Waals surface area contributed by atoms with Crippen molar-refractivity contribution in [3.05, 3.63) is 143 Å². The first kappa shape index (κ1) is 52.8. The number of ketones is 1. The number of amides is 1. The highest BCUT2D eigenvalue weighted by Crippen LogP contribution is 2.67. The number of ether oxygens (including phenoxy) is 6. The minimum Gasteiger partial charge on any atom is -0.458 e. The van der Waals surface area contributed by atoms with E-state index in [1.54, 1.807) is 143 Å². The Bertz CT molecular complexity index is 2830. The number of Topliss-reactive ketones (excluding diaryl/α,β-unsaturated/α-hetero) is 1. The Hall–Kier alpha value is -6.47. The summed E-state index contributed by atoms with van der Waals surface area (Å²) in [6.45, 7) is 10.6. The number of fused-ring (bicyclic) bond motifs is 5. The quantitative estimate of drug-likeness (QED) is 0.0377. The van der Waals surface area contributed by atoms with Crippen molar-refractivity contribution in [1.82, 2.24) is 5.32 Å². The van der Waals surface area contributed by atoms with E-state index >= 15 is 9.59 Å². The van der Waals surface area contributed by atoms with Crippen molar-refractivity contribution in [3.63, 3.8) is 0 Å². The topological polar surface area (TPSA) is 233 Å². The highest BCUT2D eigenvalue weighted by atomic mass is 33.1. The molecule has 1 saturated heterocycles. The zero-order valence-corrected chi connectivity index (χ0v) is 43.0. The van der Waals surface area contributed by atoms with Gasteiger partial charge in [0.15, 0.2) is 17.5 Å².